The summed E-state index contributed by atoms with van der Waals surface area (Å²) in [5.74, 6) is 0. The first kappa shape index (κ1) is 9.85. The molecule has 0 aliphatic rings. The SMILES string of the molecule is N#C/C(=N\O)c1ccc(Cl)cc1Cl. The summed E-state index contributed by atoms with van der Waals surface area (Å²) in [6.07, 6.45) is 0. The van der Waals surface area contributed by atoms with E-state index in [2.05, 4.69) is 5.16 Å². The Morgan fingerprint density at radius 2 is 2.15 bits per heavy atom. The van der Waals surface area contributed by atoms with Gasteiger partial charge in [0, 0.05) is 10.6 Å². The van der Waals surface area contributed by atoms with Crippen LogP contribution in [-0.2, 0) is 0 Å². The van der Waals surface area contributed by atoms with Crippen LogP contribution in [0.1, 0.15) is 5.56 Å². The molecule has 0 unspecified atom stereocenters. The average Bonchev–Trinajstić information content (AvgIpc) is 2.10. The Kier molecular flexibility index (Phi) is 3.13. The van der Waals surface area contributed by atoms with Gasteiger partial charge in [-0.05, 0) is 18.2 Å². The van der Waals surface area contributed by atoms with Gasteiger partial charge in [0.2, 0.25) is 0 Å². The van der Waals surface area contributed by atoms with E-state index >= 15 is 0 Å². The minimum atomic E-state index is -0.137. The highest BCUT2D eigenvalue weighted by molar-refractivity contribution is 6.37. The molecule has 1 rings (SSSR count). The molecule has 0 aromatic heterocycles. The summed E-state index contributed by atoms with van der Waals surface area (Å²) >= 11 is 11.4. The van der Waals surface area contributed by atoms with E-state index in [0.717, 1.165) is 0 Å². The second kappa shape index (κ2) is 4.13. The molecule has 1 N–H and O–H groups in total. The van der Waals surface area contributed by atoms with Gasteiger partial charge in [0.25, 0.3) is 0 Å². The van der Waals surface area contributed by atoms with Crippen molar-refractivity contribution >= 4 is 28.9 Å². The van der Waals surface area contributed by atoms with Crippen molar-refractivity contribution in [3.63, 3.8) is 0 Å². The van der Waals surface area contributed by atoms with Crippen LogP contribution in [0.4, 0.5) is 0 Å². The number of hydrogen-bond donors (Lipinski definition) is 1. The van der Waals surface area contributed by atoms with Gasteiger partial charge >= 0.3 is 0 Å². The molecular weight excluding hydrogens is 211 g/mol. The molecular formula is C8H4Cl2N2O. The number of rotatable bonds is 1. The van der Waals surface area contributed by atoms with Crippen molar-refractivity contribution in [3.8, 4) is 6.07 Å². The second-order valence-corrected chi connectivity index (χ2v) is 3.03. The molecule has 13 heavy (non-hydrogen) atoms. The van der Waals surface area contributed by atoms with Gasteiger partial charge in [-0.15, -0.1) is 0 Å². The third kappa shape index (κ3) is 2.11. The van der Waals surface area contributed by atoms with Gasteiger partial charge in [0.15, 0.2) is 5.71 Å². The zero-order chi connectivity index (χ0) is 9.84. The van der Waals surface area contributed by atoms with E-state index in [1.165, 1.54) is 12.1 Å². The standard InChI is InChI=1S/C8H4Cl2N2O/c9-5-1-2-6(7(10)3-5)8(4-11)12-13/h1-3,13H/b12-8+. The van der Waals surface area contributed by atoms with Crippen molar-refractivity contribution in [3.05, 3.63) is 33.8 Å². The molecule has 0 amide bonds. The van der Waals surface area contributed by atoms with Crippen LogP contribution < -0.4 is 0 Å². The third-order valence-electron chi connectivity index (χ3n) is 1.39. The Morgan fingerprint density at radius 1 is 1.46 bits per heavy atom. The highest BCUT2D eigenvalue weighted by atomic mass is 35.5. The van der Waals surface area contributed by atoms with E-state index in [0.29, 0.717) is 10.6 Å². The van der Waals surface area contributed by atoms with E-state index in [-0.39, 0.29) is 10.7 Å². The normalized spacial score (nSPS) is 11.0. The van der Waals surface area contributed by atoms with Gasteiger partial charge in [-0.1, -0.05) is 28.4 Å². The number of halogens is 2. The number of oxime groups is 1. The summed E-state index contributed by atoms with van der Waals surface area (Å²) in [6, 6.07) is 6.25. The zero-order valence-electron chi connectivity index (χ0n) is 6.33. The van der Waals surface area contributed by atoms with E-state index in [9.17, 15) is 0 Å². The molecule has 0 fully saturated rings. The molecule has 0 saturated carbocycles. The number of nitrogens with zero attached hydrogens (tertiary/aromatic N) is 2. The first-order valence-corrected chi connectivity index (χ1v) is 4.02. The maximum absolute atomic E-state index is 8.54. The Bertz CT molecular complexity index is 396. The molecule has 0 saturated heterocycles. The molecule has 0 atom stereocenters. The quantitative estimate of drug-likeness (QED) is 0.444. The summed E-state index contributed by atoms with van der Waals surface area (Å²) in [5, 5.41) is 20.5. The van der Waals surface area contributed by atoms with Crippen molar-refractivity contribution in [2.45, 2.75) is 0 Å². The molecule has 66 valence electrons. The summed E-state index contributed by atoms with van der Waals surface area (Å²) in [7, 11) is 0. The van der Waals surface area contributed by atoms with Crippen molar-refractivity contribution in [2.75, 3.05) is 0 Å². The van der Waals surface area contributed by atoms with Gasteiger partial charge in [-0.25, -0.2) is 0 Å². The largest absolute Gasteiger partial charge is 0.410 e. The molecule has 1 aromatic rings. The second-order valence-electron chi connectivity index (χ2n) is 2.18. The smallest absolute Gasteiger partial charge is 0.188 e. The maximum atomic E-state index is 8.54. The van der Waals surface area contributed by atoms with Crippen LogP contribution >= 0.6 is 23.2 Å². The predicted octanol–water partition coefficient (Wildman–Crippen LogP) is 2.70. The first-order chi connectivity index (χ1) is 6.19. The first-order valence-electron chi connectivity index (χ1n) is 3.26. The van der Waals surface area contributed by atoms with Crippen molar-refractivity contribution in [1.29, 1.82) is 5.26 Å². The van der Waals surface area contributed by atoms with Crippen LogP contribution in [0.15, 0.2) is 23.4 Å². The van der Waals surface area contributed by atoms with Gasteiger partial charge in [0.05, 0.1) is 5.02 Å². The lowest BCUT2D eigenvalue weighted by Gasteiger charge is -1.99. The zero-order valence-corrected chi connectivity index (χ0v) is 7.84. The molecule has 0 aliphatic heterocycles. The van der Waals surface area contributed by atoms with E-state index in [4.69, 9.17) is 33.7 Å². The van der Waals surface area contributed by atoms with Crippen LogP contribution in [0.2, 0.25) is 10.0 Å². The van der Waals surface area contributed by atoms with Crippen LogP contribution in [0.5, 0.6) is 0 Å². The lowest BCUT2D eigenvalue weighted by atomic mass is 10.1. The monoisotopic (exact) mass is 214 g/mol. The molecule has 1 aromatic carbocycles. The molecule has 0 aliphatic carbocycles. The van der Waals surface area contributed by atoms with Gasteiger partial charge in [-0.2, -0.15) is 5.26 Å². The summed E-state index contributed by atoms with van der Waals surface area (Å²) < 4.78 is 0. The van der Waals surface area contributed by atoms with Gasteiger partial charge < -0.3 is 5.21 Å². The van der Waals surface area contributed by atoms with Crippen LogP contribution in [0.3, 0.4) is 0 Å². The Morgan fingerprint density at radius 3 is 2.62 bits per heavy atom. The fraction of sp³-hybridized carbons (Fsp3) is 0. The Labute approximate surface area is 84.8 Å². The fourth-order valence-electron chi connectivity index (χ4n) is 0.818. The van der Waals surface area contributed by atoms with Crippen LogP contribution in [0, 0.1) is 11.3 Å². The minimum Gasteiger partial charge on any atom is -0.410 e. The van der Waals surface area contributed by atoms with Gasteiger partial charge in [-0.3, -0.25) is 0 Å². The van der Waals surface area contributed by atoms with Crippen LogP contribution in [0.25, 0.3) is 0 Å². The fourth-order valence-corrected chi connectivity index (χ4v) is 1.32. The summed E-state index contributed by atoms with van der Waals surface area (Å²) in [4.78, 5) is 0. The van der Waals surface area contributed by atoms with Crippen molar-refractivity contribution < 1.29 is 5.21 Å². The van der Waals surface area contributed by atoms with Gasteiger partial charge in [0.1, 0.15) is 6.07 Å². The molecule has 0 radical (unpaired) electrons. The van der Waals surface area contributed by atoms with E-state index in [1.807, 2.05) is 0 Å². The van der Waals surface area contributed by atoms with E-state index in [1.54, 1.807) is 12.1 Å². The molecule has 0 spiro atoms. The summed E-state index contributed by atoms with van der Waals surface area (Å²) in [6.45, 7) is 0. The summed E-state index contributed by atoms with van der Waals surface area (Å²) in [5.41, 5.74) is 0.220. The lowest BCUT2D eigenvalue weighted by Crippen LogP contribution is -1.97. The predicted molar refractivity (Wildman–Crippen MR) is 50.4 cm³/mol. The number of hydrogen-bond acceptors (Lipinski definition) is 3. The molecule has 0 heterocycles. The number of benzene rings is 1. The van der Waals surface area contributed by atoms with Crippen LogP contribution in [-0.4, -0.2) is 10.9 Å². The average molecular weight is 215 g/mol. The highest BCUT2D eigenvalue weighted by Crippen LogP contribution is 2.21. The Hall–Kier alpha value is -1.24. The minimum absolute atomic E-state index is 0.137. The van der Waals surface area contributed by atoms with E-state index < -0.39 is 0 Å². The maximum Gasteiger partial charge on any atom is 0.188 e. The van der Waals surface area contributed by atoms with Crippen molar-refractivity contribution in [1.82, 2.24) is 0 Å². The molecule has 5 heteroatoms. The molecule has 3 nitrogen and oxygen atoms in total. The number of nitriles is 1. The Balaban J connectivity index is 3.25. The topological polar surface area (TPSA) is 56.4 Å². The highest BCUT2D eigenvalue weighted by Gasteiger charge is 2.07. The third-order valence-corrected chi connectivity index (χ3v) is 1.94. The van der Waals surface area contributed by atoms with Crippen molar-refractivity contribution in [2.24, 2.45) is 5.16 Å². The molecule has 0 bridgehead atoms. The lowest BCUT2D eigenvalue weighted by molar-refractivity contribution is 0.320.